The van der Waals surface area contributed by atoms with Crippen molar-refractivity contribution < 1.29 is 8.42 Å². The lowest BCUT2D eigenvalue weighted by molar-refractivity contribution is 0.385. The molecule has 9 heteroatoms. The van der Waals surface area contributed by atoms with Crippen LogP contribution in [0, 0.1) is 5.92 Å². The SMILES string of the molecule is Cn1cc2c(N3CC(CCNS(N)(=O)=O)C3)ccnc2cc1=O. The van der Waals surface area contributed by atoms with Crippen molar-refractivity contribution in [3.8, 4) is 0 Å². The molecule has 0 amide bonds. The maximum absolute atomic E-state index is 11.7. The average Bonchev–Trinajstić information content (AvgIpc) is 2.41. The van der Waals surface area contributed by atoms with Crippen LogP contribution in [0.3, 0.4) is 0 Å². The van der Waals surface area contributed by atoms with Gasteiger partial charge in [-0.2, -0.15) is 8.42 Å². The Bertz CT molecular complexity index is 887. The summed E-state index contributed by atoms with van der Waals surface area (Å²) in [6.45, 7) is 2.03. The molecule has 0 spiro atoms. The van der Waals surface area contributed by atoms with Gasteiger partial charge in [0.1, 0.15) is 0 Å². The summed E-state index contributed by atoms with van der Waals surface area (Å²) in [4.78, 5) is 18.1. The van der Waals surface area contributed by atoms with E-state index in [1.165, 1.54) is 6.07 Å². The van der Waals surface area contributed by atoms with Gasteiger partial charge < -0.3 is 9.47 Å². The Morgan fingerprint density at radius 1 is 1.43 bits per heavy atom. The largest absolute Gasteiger partial charge is 0.370 e. The summed E-state index contributed by atoms with van der Waals surface area (Å²) >= 11 is 0. The quantitative estimate of drug-likeness (QED) is 0.768. The van der Waals surface area contributed by atoms with E-state index in [2.05, 4.69) is 14.6 Å². The third-order valence-electron chi connectivity index (χ3n) is 4.08. The normalized spacial score (nSPS) is 15.8. The average molecular weight is 337 g/mol. The molecule has 1 aliphatic rings. The number of hydrogen-bond donors (Lipinski definition) is 2. The number of hydrogen-bond acceptors (Lipinski definition) is 5. The Kier molecular flexibility index (Phi) is 4.09. The molecule has 1 fully saturated rings. The van der Waals surface area contributed by atoms with E-state index >= 15 is 0 Å². The molecular formula is C14H19N5O3S. The predicted molar refractivity (Wildman–Crippen MR) is 88.4 cm³/mol. The second-order valence-corrected chi connectivity index (χ2v) is 7.23. The number of nitrogens with two attached hydrogens (primary N) is 1. The molecule has 0 aromatic carbocycles. The summed E-state index contributed by atoms with van der Waals surface area (Å²) < 4.78 is 25.5. The number of nitrogens with one attached hydrogen (secondary N) is 1. The topological polar surface area (TPSA) is 110 Å². The van der Waals surface area contributed by atoms with Gasteiger partial charge in [-0.1, -0.05) is 0 Å². The summed E-state index contributed by atoms with van der Waals surface area (Å²) in [5.74, 6) is 0.417. The lowest BCUT2D eigenvalue weighted by atomic mass is 9.95. The Balaban J connectivity index is 1.69. The summed E-state index contributed by atoms with van der Waals surface area (Å²) in [6, 6.07) is 3.47. The zero-order valence-corrected chi connectivity index (χ0v) is 13.6. The lowest BCUT2D eigenvalue weighted by Gasteiger charge is -2.41. The molecule has 3 N–H and O–H groups in total. The van der Waals surface area contributed by atoms with Crippen LogP contribution < -0.4 is 20.3 Å². The van der Waals surface area contributed by atoms with Crippen molar-refractivity contribution in [3.63, 3.8) is 0 Å². The first-order valence-corrected chi connectivity index (χ1v) is 8.86. The van der Waals surface area contributed by atoms with Gasteiger partial charge in [0.05, 0.1) is 5.52 Å². The van der Waals surface area contributed by atoms with Crippen LogP contribution in [0.4, 0.5) is 5.69 Å². The molecule has 0 radical (unpaired) electrons. The van der Waals surface area contributed by atoms with Gasteiger partial charge in [0.25, 0.3) is 15.8 Å². The minimum atomic E-state index is -3.61. The highest BCUT2D eigenvalue weighted by atomic mass is 32.2. The van der Waals surface area contributed by atoms with E-state index in [1.54, 1.807) is 24.0 Å². The Labute approximate surface area is 134 Å². The van der Waals surface area contributed by atoms with E-state index in [9.17, 15) is 13.2 Å². The molecule has 2 aromatic rings. The van der Waals surface area contributed by atoms with Gasteiger partial charge in [-0.25, -0.2) is 9.86 Å². The van der Waals surface area contributed by atoms with Crippen LogP contribution in [0.5, 0.6) is 0 Å². The maximum atomic E-state index is 11.7. The van der Waals surface area contributed by atoms with E-state index in [0.717, 1.165) is 30.6 Å². The second-order valence-electron chi connectivity index (χ2n) is 5.85. The Morgan fingerprint density at radius 2 is 2.17 bits per heavy atom. The summed E-state index contributed by atoms with van der Waals surface area (Å²) in [5.41, 5.74) is 1.64. The molecule has 1 saturated heterocycles. The van der Waals surface area contributed by atoms with Crippen molar-refractivity contribution in [2.75, 3.05) is 24.5 Å². The van der Waals surface area contributed by atoms with Gasteiger partial charge in [0.15, 0.2) is 0 Å². The number of aryl methyl sites for hydroxylation is 1. The molecule has 124 valence electrons. The fourth-order valence-electron chi connectivity index (χ4n) is 2.83. The predicted octanol–water partition coefficient (Wildman–Crippen LogP) is -0.447. The van der Waals surface area contributed by atoms with Crippen LogP contribution in [-0.2, 0) is 17.3 Å². The molecule has 3 heterocycles. The highest BCUT2D eigenvalue weighted by molar-refractivity contribution is 7.87. The Morgan fingerprint density at radius 3 is 2.87 bits per heavy atom. The minimum absolute atomic E-state index is 0.0855. The minimum Gasteiger partial charge on any atom is -0.370 e. The van der Waals surface area contributed by atoms with Crippen LogP contribution >= 0.6 is 0 Å². The Hall–Kier alpha value is -1.97. The van der Waals surface area contributed by atoms with Crippen molar-refractivity contribution in [2.45, 2.75) is 6.42 Å². The number of anilines is 1. The van der Waals surface area contributed by atoms with E-state index < -0.39 is 10.2 Å². The monoisotopic (exact) mass is 337 g/mol. The zero-order valence-electron chi connectivity index (χ0n) is 12.8. The first-order chi connectivity index (χ1) is 10.8. The van der Waals surface area contributed by atoms with E-state index in [-0.39, 0.29) is 5.56 Å². The second kappa shape index (κ2) is 5.91. The third kappa shape index (κ3) is 3.52. The van der Waals surface area contributed by atoms with Gasteiger partial charge in [0.2, 0.25) is 0 Å². The standard InChI is InChI=1S/C14H19N5O3S/c1-18-9-11-12(6-14(18)20)16-4-3-13(11)19-7-10(8-19)2-5-17-23(15,21)22/h3-4,6,9-10,17H,2,5,7-8H2,1H3,(H2,15,21,22). The van der Waals surface area contributed by atoms with Gasteiger partial charge >= 0.3 is 0 Å². The molecule has 2 aromatic heterocycles. The molecule has 8 nitrogen and oxygen atoms in total. The highest BCUT2D eigenvalue weighted by Crippen LogP contribution is 2.31. The number of nitrogens with zero attached hydrogens (tertiary/aromatic N) is 3. The summed E-state index contributed by atoms with van der Waals surface area (Å²) in [6.07, 6.45) is 4.25. The van der Waals surface area contributed by atoms with Gasteiger partial charge in [-0.05, 0) is 18.4 Å². The van der Waals surface area contributed by atoms with Crippen LogP contribution in [0.15, 0.2) is 29.3 Å². The van der Waals surface area contributed by atoms with Gasteiger partial charge in [-0.15, -0.1) is 0 Å². The van der Waals surface area contributed by atoms with E-state index in [4.69, 9.17) is 5.14 Å². The first kappa shape index (κ1) is 15.9. The van der Waals surface area contributed by atoms with Crippen LogP contribution in [0.25, 0.3) is 10.9 Å². The molecule has 1 aliphatic heterocycles. The molecule has 0 saturated carbocycles. The van der Waals surface area contributed by atoms with Crippen LogP contribution in [0.1, 0.15) is 6.42 Å². The lowest BCUT2D eigenvalue weighted by Crippen LogP contribution is -2.48. The summed E-state index contributed by atoms with van der Waals surface area (Å²) in [5, 5.41) is 5.84. The molecule has 0 aliphatic carbocycles. The first-order valence-electron chi connectivity index (χ1n) is 7.31. The van der Waals surface area contributed by atoms with Gasteiger partial charge in [-0.3, -0.25) is 9.78 Å². The fourth-order valence-corrected chi connectivity index (χ4v) is 3.23. The number of fused-ring (bicyclic) bond motifs is 1. The van der Waals surface area contributed by atoms with Crippen molar-refractivity contribution >= 4 is 26.8 Å². The molecular weight excluding hydrogens is 318 g/mol. The van der Waals surface area contributed by atoms with Crippen molar-refractivity contribution in [1.29, 1.82) is 0 Å². The summed E-state index contributed by atoms with van der Waals surface area (Å²) in [7, 11) is -1.89. The van der Waals surface area contributed by atoms with Crippen molar-refractivity contribution in [1.82, 2.24) is 14.3 Å². The molecule has 23 heavy (non-hydrogen) atoms. The number of pyridine rings is 2. The molecule has 0 unspecified atom stereocenters. The number of rotatable bonds is 5. The van der Waals surface area contributed by atoms with Gasteiger partial charge in [0, 0.05) is 56.2 Å². The van der Waals surface area contributed by atoms with E-state index in [1.807, 2.05) is 6.07 Å². The van der Waals surface area contributed by atoms with E-state index in [0.29, 0.717) is 18.0 Å². The smallest absolute Gasteiger partial charge is 0.274 e. The zero-order chi connectivity index (χ0) is 16.6. The molecule has 0 bridgehead atoms. The highest BCUT2D eigenvalue weighted by Gasteiger charge is 2.28. The van der Waals surface area contributed by atoms with Crippen LogP contribution in [-0.4, -0.2) is 37.6 Å². The maximum Gasteiger partial charge on any atom is 0.274 e. The van der Waals surface area contributed by atoms with Crippen molar-refractivity contribution in [2.24, 2.45) is 18.1 Å². The molecule has 3 rings (SSSR count). The fraction of sp³-hybridized carbons (Fsp3) is 0.429. The third-order valence-corrected chi connectivity index (χ3v) is 4.69. The number of aromatic nitrogens is 2. The molecule has 0 atom stereocenters. The van der Waals surface area contributed by atoms with Crippen LogP contribution in [0.2, 0.25) is 0 Å². The van der Waals surface area contributed by atoms with Crippen molar-refractivity contribution in [3.05, 3.63) is 34.9 Å².